The van der Waals surface area contributed by atoms with Gasteiger partial charge in [0.1, 0.15) is 18.1 Å². The summed E-state index contributed by atoms with van der Waals surface area (Å²) in [6.45, 7) is 0.110. The summed E-state index contributed by atoms with van der Waals surface area (Å²) in [5, 5.41) is 3.79. The molecule has 0 N–H and O–H groups in total. The van der Waals surface area contributed by atoms with E-state index in [4.69, 9.17) is 18.7 Å². The van der Waals surface area contributed by atoms with Gasteiger partial charge >= 0.3 is 5.97 Å². The Morgan fingerprint density at radius 2 is 2.00 bits per heavy atom. The minimum Gasteiger partial charge on any atom is -0.456 e. The fourth-order valence-electron chi connectivity index (χ4n) is 2.54. The average molecular weight is 367 g/mol. The van der Waals surface area contributed by atoms with Gasteiger partial charge in [-0.1, -0.05) is 23.4 Å². The van der Waals surface area contributed by atoms with Gasteiger partial charge in [-0.25, -0.2) is 9.18 Å². The zero-order valence-electron chi connectivity index (χ0n) is 14.1. The second-order valence-corrected chi connectivity index (χ2v) is 5.72. The van der Waals surface area contributed by atoms with Crippen LogP contribution in [0.5, 0.6) is 11.5 Å². The second kappa shape index (κ2) is 7.33. The topological polar surface area (TPSA) is 70.8 Å². The summed E-state index contributed by atoms with van der Waals surface area (Å²) in [6.07, 6.45) is 2.91. The average Bonchev–Trinajstić information content (AvgIpc) is 3.34. The molecule has 0 aliphatic carbocycles. The lowest BCUT2D eigenvalue weighted by atomic mass is 10.1. The number of hydrogen-bond donors (Lipinski definition) is 0. The Labute approximate surface area is 153 Å². The number of fused-ring (bicyclic) bond motifs is 1. The van der Waals surface area contributed by atoms with Crippen molar-refractivity contribution in [3.63, 3.8) is 0 Å². The molecule has 0 saturated carbocycles. The minimum atomic E-state index is -0.539. The third kappa shape index (κ3) is 3.82. The molecule has 0 fully saturated rings. The standard InChI is InChI=1S/C20H14FNO5/c21-16-4-2-1-3-15(16)18-10-14(22-27-18)11-24-20(23)8-6-13-5-7-17-19(9-13)26-12-25-17/h1-10H,11-12H2/b8-6-. The van der Waals surface area contributed by atoms with Crippen LogP contribution in [0.25, 0.3) is 17.4 Å². The molecule has 3 aromatic rings. The highest BCUT2D eigenvalue weighted by Gasteiger charge is 2.13. The molecule has 1 aliphatic heterocycles. The predicted molar refractivity (Wildman–Crippen MR) is 93.3 cm³/mol. The highest BCUT2D eigenvalue weighted by Crippen LogP contribution is 2.32. The molecule has 0 bridgehead atoms. The summed E-state index contributed by atoms with van der Waals surface area (Å²) < 4.78 is 34.5. The molecule has 7 heteroatoms. The summed E-state index contributed by atoms with van der Waals surface area (Å²) in [4.78, 5) is 11.9. The molecule has 4 rings (SSSR count). The van der Waals surface area contributed by atoms with Crippen LogP contribution in [0.15, 0.2) is 59.1 Å². The highest BCUT2D eigenvalue weighted by molar-refractivity contribution is 5.87. The monoisotopic (exact) mass is 367 g/mol. The second-order valence-electron chi connectivity index (χ2n) is 5.72. The van der Waals surface area contributed by atoms with Crippen molar-refractivity contribution in [3.8, 4) is 22.8 Å². The lowest BCUT2D eigenvalue weighted by molar-refractivity contribution is -0.139. The van der Waals surface area contributed by atoms with Crippen LogP contribution in [-0.2, 0) is 16.1 Å². The minimum absolute atomic E-state index is 0.0811. The summed E-state index contributed by atoms with van der Waals surface area (Å²) in [6, 6.07) is 13.1. The van der Waals surface area contributed by atoms with Crippen molar-refractivity contribution in [2.24, 2.45) is 0 Å². The molecule has 136 valence electrons. The smallest absolute Gasteiger partial charge is 0.331 e. The van der Waals surface area contributed by atoms with E-state index in [9.17, 15) is 9.18 Å². The number of halogens is 1. The molecule has 0 atom stereocenters. The Hall–Kier alpha value is -3.61. The zero-order chi connectivity index (χ0) is 18.6. The van der Waals surface area contributed by atoms with E-state index in [-0.39, 0.29) is 19.2 Å². The largest absolute Gasteiger partial charge is 0.456 e. The summed E-state index contributed by atoms with van der Waals surface area (Å²) >= 11 is 0. The molecule has 1 aromatic heterocycles. The van der Waals surface area contributed by atoms with Gasteiger partial charge in [0.15, 0.2) is 17.3 Å². The van der Waals surface area contributed by atoms with Gasteiger partial charge in [-0.05, 0) is 35.9 Å². The van der Waals surface area contributed by atoms with Gasteiger partial charge in [0, 0.05) is 12.1 Å². The molecule has 2 heterocycles. The van der Waals surface area contributed by atoms with E-state index in [1.54, 1.807) is 42.5 Å². The maximum Gasteiger partial charge on any atom is 0.331 e. The first-order valence-electron chi connectivity index (χ1n) is 8.14. The number of carbonyl (C=O) groups is 1. The van der Waals surface area contributed by atoms with Gasteiger partial charge in [-0.2, -0.15) is 0 Å². The molecule has 0 amide bonds. The molecular weight excluding hydrogens is 353 g/mol. The van der Waals surface area contributed by atoms with E-state index >= 15 is 0 Å². The van der Waals surface area contributed by atoms with E-state index in [0.717, 1.165) is 5.56 Å². The van der Waals surface area contributed by atoms with Gasteiger partial charge in [0.2, 0.25) is 6.79 Å². The Morgan fingerprint density at radius 3 is 2.89 bits per heavy atom. The molecule has 0 radical (unpaired) electrons. The highest BCUT2D eigenvalue weighted by atomic mass is 19.1. The number of esters is 1. The molecule has 0 unspecified atom stereocenters. The third-order valence-corrected chi connectivity index (χ3v) is 3.87. The van der Waals surface area contributed by atoms with E-state index in [0.29, 0.717) is 22.8 Å². The fourth-order valence-corrected chi connectivity index (χ4v) is 2.54. The van der Waals surface area contributed by atoms with Crippen LogP contribution < -0.4 is 9.47 Å². The number of ether oxygens (including phenoxy) is 3. The third-order valence-electron chi connectivity index (χ3n) is 3.87. The van der Waals surface area contributed by atoms with Gasteiger partial charge in [-0.3, -0.25) is 0 Å². The normalized spacial score (nSPS) is 12.5. The summed E-state index contributed by atoms with van der Waals surface area (Å²) in [5.74, 6) is 0.627. The Kier molecular flexibility index (Phi) is 4.57. The van der Waals surface area contributed by atoms with Crippen LogP contribution in [-0.4, -0.2) is 17.9 Å². The Bertz CT molecular complexity index is 1010. The zero-order valence-corrected chi connectivity index (χ0v) is 14.1. The number of nitrogens with zero attached hydrogens (tertiary/aromatic N) is 1. The number of rotatable bonds is 5. The molecule has 1 aliphatic rings. The van der Waals surface area contributed by atoms with Crippen LogP contribution in [0.3, 0.4) is 0 Å². The molecule has 2 aromatic carbocycles. The Balaban J connectivity index is 1.35. The molecule has 0 spiro atoms. The number of carbonyl (C=O) groups excluding carboxylic acids is 1. The van der Waals surface area contributed by atoms with Crippen molar-refractivity contribution < 1.29 is 27.9 Å². The van der Waals surface area contributed by atoms with Crippen LogP contribution in [0.1, 0.15) is 11.3 Å². The fraction of sp³-hybridized carbons (Fsp3) is 0.100. The van der Waals surface area contributed by atoms with Crippen molar-refractivity contribution in [1.82, 2.24) is 5.16 Å². The van der Waals surface area contributed by atoms with Crippen molar-refractivity contribution in [2.45, 2.75) is 6.61 Å². The van der Waals surface area contributed by atoms with Gasteiger partial charge < -0.3 is 18.7 Å². The summed E-state index contributed by atoms with van der Waals surface area (Å²) in [7, 11) is 0. The van der Waals surface area contributed by atoms with Crippen molar-refractivity contribution in [1.29, 1.82) is 0 Å². The molecule has 27 heavy (non-hydrogen) atoms. The van der Waals surface area contributed by atoms with Crippen LogP contribution in [0.4, 0.5) is 4.39 Å². The predicted octanol–water partition coefficient (Wildman–Crippen LogP) is 3.97. The van der Waals surface area contributed by atoms with Gasteiger partial charge in [0.05, 0.1) is 5.56 Å². The van der Waals surface area contributed by atoms with E-state index in [2.05, 4.69) is 5.16 Å². The van der Waals surface area contributed by atoms with Crippen molar-refractivity contribution in [3.05, 3.63) is 71.7 Å². The number of benzene rings is 2. The van der Waals surface area contributed by atoms with Crippen molar-refractivity contribution >= 4 is 12.0 Å². The first-order chi connectivity index (χ1) is 13.2. The summed E-state index contributed by atoms with van der Waals surface area (Å²) in [5.41, 5.74) is 1.46. The van der Waals surface area contributed by atoms with Crippen LogP contribution in [0, 0.1) is 5.82 Å². The molecule has 0 saturated heterocycles. The quantitative estimate of drug-likeness (QED) is 0.502. The first-order valence-corrected chi connectivity index (χ1v) is 8.14. The Morgan fingerprint density at radius 1 is 1.15 bits per heavy atom. The molecular formula is C20H14FNO5. The van der Waals surface area contributed by atoms with E-state index < -0.39 is 11.8 Å². The van der Waals surface area contributed by atoms with E-state index in [1.165, 1.54) is 18.2 Å². The number of hydrogen-bond acceptors (Lipinski definition) is 6. The van der Waals surface area contributed by atoms with Crippen LogP contribution in [0.2, 0.25) is 0 Å². The van der Waals surface area contributed by atoms with Crippen molar-refractivity contribution in [2.75, 3.05) is 6.79 Å². The maximum atomic E-state index is 13.7. The SMILES string of the molecule is O=C(/C=C\c1ccc2c(c1)OCO2)OCc1cc(-c2ccccc2F)on1. The lowest BCUT2D eigenvalue weighted by Crippen LogP contribution is -2.00. The number of aromatic nitrogens is 1. The molecule has 6 nitrogen and oxygen atoms in total. The van der Waals surface area contributed by atoms with E-state index in [1.807, 2.05) is 0 Å². The maximum absolute atomic E-state index is 13.7. The van der Waals surface area contributed by atoms with Crippen LogP contribution >= 0.6 is 0 Å². The van der Waals surface area contributed by atoms with Gasteiger partial charge in [-0.15, -0.1) is 0 Å². The van der Waals surface area contributed by atoms with Gasteiger partial charge in [0.25, 0.3) is 0 Å². The first kappa shape index (κ1) is 16.8. The lowest BCUT2D eigenvalue weighted by Gasteiger charge is -1.99.